The SMILES string of the molecule is CCc1cc2c(=O)n(C(CC)C(N)=O)c(Cc3cccc(Cl)c3)nc2s1. The quantitative estimate of drug-likeness (QED) is 0.698. The third kappa shape index (κ3) is 3.52. The summed E-state index contributed by atoms with van der Waals surface area (Å²) in [5.74, 6) is -0.00559. The number of nitrogens with zero attached hydrogens (tertiary/aromatic N) is 2. The predicted molar refractivity (Wildman–Crippen MR) is 106 cm³/mol. The highest BCUT2D eigenvalue weighted by Crippen LogP contribution is 2.25. The van der Waals surface area contributed by atoms with Gasteiger partial charge in [-0.3, -0.25) is 14.2 Å². The Morgan fingerprint density at radius 2 is 2.12 bits per heavy atom. The number of carbonyl (C=O) groups is 1. The first kappa shape index (κ1) is 18.6. The van der Waals surface area contributed by atoms with Gasteiger partial charge in [0.25, 0.3) is 5.56 Å². The van der Waals surface area contributed by atoms with Crippen LogP contribution < -0.4 is 11.3 Å². The average Bonchev–Trinajstić information content (AvgIpc) is 3.01. The summed E-state index contributed by atoms with van der Waals surface area (Å²) < 4.78 is 1.46. The van der Waals surface area contributed by atoms with Crippen LogP contribution in [0.2, 0.25) is 5.02 Å². The van der Waals surface area contributed by atoms with Crippen LogP contribution in [0.3, 0.4) is 0 Å². The van der Waals surface area contributed by atoms with Gasteiger partial charge in [-0.05, 0) is 36.6 Å². The molecule has 0 saturated carbocycles. The minimum Gasteiger partial charge on any atom is -0.368 e. The lowest BCUT2D eigenvalue weighted by Gasteiger charge is -2.19. The molecule has 2 aromatic heterocycles. The monoisotopic (exact) mass is 389 g/mol. The lowest BCUT2D eigenvalue weighted by Crippen LogP contribution is -2.36. The molecule has 1 atom stereocenters. The van der Waals surface area contributed by atoms with Gasteiger partial charge in [0.15, 0.2) is 0 Å². The van der Waals surface area contributed by atoms with Gasteiger partial charge in [-0.1, -0.05) is 37.6 Å². The minimum atomic E-state index is -0.724. The molecule has 136 valence electrons. The van der Waals surface area contributed by atoms with E-state index >= 15 is 0 Å². The Hall–Kier alpha value is -2.18. The number of hydrogen-bond acceptors (Lipinski definition) is 4. The Labute approximate surface area is 160 Å². The standard InChI is InChI=1S/C19H20ClN3O2S/c1-3-13-10-14-18(26-13)22-16(9-11-6-5-7-12(20)8-11)23(19(14)25)15(4-2)17(21)24/h5-8,10,15H,3-4,9H2,1-2H3,(H2,21,24). The van der Waals surface area contributed by atoms with Crippen LogP contribution in [0.25, 0.3) is 10.2 Å². The Kier molecular flexibility index (Phi) is 5.44. The number of benzene rings is 1. The normalized spacial score (nSPS) is 12.4. The van der Waals surface area contributed by atoms with Crippen molar-refractivity contribution in [2.45, 2.75) is 39.2 Å². The second-order valence-corrected chi connectivity index (χ2v) is 7.67. The minimum absolute atomic E-state index is 0.214. The van der Waals surface area contributed by atoms with Crippen molar-refractivity contribution in [3.63, 3.8) is 0 Å². The number of hydrogen-bond donors (Lipinski definition) is 1. The van der Waals surface area contributed by atoms with Crippen LogP contribution in [0, 0.1) is 0 Å². The number of aryl methyl sites for hydroxylation is 1. The zero-order chi connectivity index (χ0) is 18.8. The van der Waals surface area contributed by atoms with Crippen molar-refractivity contribution in [2.24, 2.45) is 5.73 Å². The molecule has 0 spiro atoms. The number of fused-ring (bicyclic) bond motifs is 1. The van der Waals surface area contributed by atoms with E-state index < -0.39 is 11.9 Å². The van der Waals surface area contributed by atoms with Crippen molar-refractivity contribution in [1.82, 2.24) is 9.55 Å². The van der Waals surface area contributed by atoms with E-state index in [4.69, 9.17) is 22.3 Å². The molecule has 0 aliphatic heterocycles. The highest BCUT2D eigenvalue weighted by atomic mass is 35.5. The maximum Gasteiger partial charge on any atom is 0.263 e. The second kappa shape index (κ2) is 7.60. The molecule has 3 rings (SSSR count). The number of nitrogens with two attached hydrogens (primary N) is 1. The predicted octanol–water partition coefficient (Wildman–Crippen LogP) is 3.70. The number of primary amides is 1. The molecule has 0 saturated heterocycles. The van der Waals surface area contributed by atoms with Gasteiger partial charge in [-0.2, -0.15) is 0 Å². The number of thiophene rings is 1. The van der Waals surface area contributed by atoms with Crippen molar-refractivity contribution < 1.29 is 4.79 Å². The highest BCUT2D eigenvalue weighted by Gasteiger charge is 2.23. The fourth-order valence-corrected chi connectivity index (χ4v) is 4.24. The van der Waals surface area contributed by atoms with E-state index in [1.807, 2.05) is 38.1 Å². The first-order valence-corrected chi connectivity index (χ1v) is 9.71. The average molecular weight is 390 g/mol. The first-order valence-electron chi connectivity index (χ1n) is 8.52. The zero-order valence-corrected chi connectivity index (χ0v) is 16.2. The summed E-state index contributed by atoms with van der Waals surface area (Å²) >= 11 is 7.59. The molecule has 26 heavy (non-hydrogen) atoms. The number of aromatic nitrogens is 2. The molecule has 0 aliphatic carbocycles. The number of carbonyl (C=O) groups excluding carboxylic acids is 1. The Balaban J connectivity index is 2.24. The maximum absolute atomic E-state index is 13.1. The van der Waals surface area contributed by atoms with Crippen molar-refractivity contribution in [1.29, 1.82) is 0 Å². The molecular formula is C19H20ClN3O2S. The van der Waals surface area contributed by atoms with Crippen molar-refractivity contribution in [3.8, 4) is 0 Å². The third-order valence-electron chi connectivity index (χ3n) is 4.35. The zero-order valence-electron chi connectivity index (χ0n) is 14.7. The van der Waals surface area contributed by atoms with Gasteiger partial charge in [-0.25, -0.2) is 4.98 Å². The molecule has 0 fully saturated rings. The van der Waals surface area contributed by atoms with Crippen molar-refractivity contribution in [3.05, 3.63) is 62.0 Å². The fraction of sp³-hybridized carbons (Fsp3) is 0.316. The number of halogens is 1. The molecule has 5 nitrogen and oxygen atoms in total. The molecule has 2 N–H and O–H groups in total. The van der Waals surface area contributed by atoms with E-state index in [0.29, 0.717) is 33.9 Å². The van der Waals surface area contributed by atoms with Crippen LogP contribution in [0.15, 0.2) is 35.1 Å². The van der Waals surface area contributed by atoms with Gasteiger partial charge in [0.1, 0.15) is 16.7 Å². The number of rotatable bonds is 6. The molecule has 0 radical (unpaired) electrons. The van der Waals surface area contributed by atoms with E-state index in [2.05, 4.69) is 0 Å². The summed E-state index contributed by atoms with van der Waals surface area (Å²) in [4.78, 5) is 31.6. The van der Waals surface area contributed by atoms with Crippen molar-refractivity contribution in [2.75, 3.05) is 0 Å². The third-order valence-corrected chi connectivity index (χ3v) is 5.76. The van der Waals surface area contributed by atoms with Gasteiger partial charge < -0.3 is 5.73 Å². The largest absolute Gasteiger partial charge is 0.368 e. The Morgan fingerprint density at radius 1 is 1.35 bits per heavy atom. The molecule has 3 aromatic rings. The van der Waals surface area contributed by atoms with Crippen LogP contribution in [-0.2, 0) is 17.6 Å². The number of amides is 1. The topological polar surface area (TPSA) is 78.0 Å². The Morgan fingerprint density at radius 3 is 2.73 bits per heavy atom. The fourth-order valence-electron chi connectivity index (χ4n) is 3.05. The van der Waals surface area contributed by atoms with Gasteiger partial charge in [0.2, 0.25) is 5.91 Å². The van der Waals surface area contributed by atoms with E-state index in [0.717, 1.165) is 16.9 Å². The van der Waals surface area contributed by atoms with Crippen molar-refractivity contribution >= 4 is 39.1 Å². The lowest BCUT2D eigenvalue weighted by atomic mass is 10.1. The molecule has 1 aromatic carbocycles. The molecular weight excluding hydrogens is 370 g/mol. The summed E-state index contributed by atoms with van der Waals surface area (Å²) in [5.41, 5.74) is 6.27. The summed E-state index contributed by atoms with van der Waals surface area (Å²) in [5, 5.41) is 1.16. The molecule has 1 amide bonds. The maximum atomic E-state index is 13.1. The van der Waals surface area contributed by atoms with Gasteiger partial charge in [-0.15, -0.1) is 11.3 Å². The van der Waals surface area contributed by atoms with Gasteiger partial charge >= 0.3 is 0 Å². The summed E-state index contributed by atoms with van der Waals surface area (Å²) in [6.45, 7) is 3.87. The molecule has 2 heterocycles. The highest BCUT2D eigenvalue weighted by molar-refractivity contribution is 7.18. The first-order chi connectivity index (χ1) is 12.4. The molecule has 7 heteroatoms. The van der Waals surface area contributed by atoms with Crippen LogP contribution in [-0.4, -0.2) is 15.5 Å². The molecule has 0 bridgehead atoms. The summed E-state index contributed by atoms with van der Waals surface area (Å²) in [6.07, 6.45) is 1.65. The second-order valence-electron chi connectivity index (χ2n) is 6.12. The van der Waals surface area contributed by atoms with Crippen LogP contribution >= 0.6 is 22.9 Å². The molecule has 1 unspecified atom stereocenters. The van der Waals surface area contributed by atoms with E-state index in [1.54, 1.807) is 6.07 Å². The van der Waals surface area contributed by atoms with E-state index in [1.165, 1.54) is 15.9 Å². The van der Waals surface area contributed by atoms with Gasteiger partial charge in [0.05, 0.1) is 5.39 Å². The van der Waals surface area contributed by atoms with E-state index in [-0.39, 0.29) is 5.56 Å². The van der Waals surface area contributed by atoms with Crippen LogP contribution in [0.5, 0.6) is 0 Å². The van der Waals surface area contributed by atoms with Crippen LogP contribution in [0.1, 0.15) is 42.6 Å². The smallest absolute Gasteiger partial charge is 0.263 e. The van der Waals surface area contributed by atoms with E-state index in [9.17, 15) is 9.59 Å². The lowest BCUT2D eigenvalue weighted by molar-refractivity contribution is -0.121. The van der Waals surface area contributed by atoms with Crippen LogP contribution in [0.4, 0.5) is 0 Å². The Bertz CT molecular complexity index is 1030. The molecule has 0 aliphatic rings. The summed E-state index contributed by atoms with van der Waals surface area (Å²) in [6, 6.07) is 8.54. The summed E-state index contributed by atoms with van der Waals surface area (Å²) in [7, 11) is 0. The van der Waals surface area contributed by atoms with Gasteiger partial charge in [0, 0.05) is 16.3 Å².